The van der Waals surface area contributed by atoms with Gasteiger partial charge in [0, 0.05) is 11.4 Å². The summed E-state index contributed by atoms with van der Waals surface area (Å²) in [4.78, 5) is 11.1. The van der Waals surface area contributed by atoms with Crippen molar-refractivity contribution in [1.29, 1.82) is 0 Å². The van der Waals surface area contributed by atoms with Crippen LogP contribution in [0.5, 0.6) is 0 Å². The van der Waals surface area contributed by atoms with E-state index in [0.29, 0.717) is 11.4 Å². The number of nitro groups is 1. The van der Waals surface area contributed by atoms with Crippen LogP contribution in [-0.2, 0) is 0 Å². The van der Waals surface area contributed by atoms with Gasteiger partial charge in [-0.05, 0) is 65.2 Å². The van der Waals surface area contributed by atoms with Gasteiger partial charge in [-0.1, -0.05) is 47.5 Å². The largest absolute Gasteiger partial charge is 0.336 e. The molecule has 2 aromatic carbocycles. The van der Waals surface area contributed by atoms with E-state index in [0.717, 1.165) is 11.1 Å². The molecule has 0 fully saturated rings. The van der Waals surface area contributed by atoms with Gasteiger partial charge in [-0.2, -0.15) is 0 Å². The number of benzene rings is 2. The van der Waals surface area contributed by atoms with E-state index >= 15 is 0 Å². The SMILES string of the molecule is Cc1cccc(NC(Nc2cccc(C)c2)=C(C(Br)=C(Cl)Cl)[N+](=O)[O-])c1. The molecule has 0 amide bonds. The van der Waals surface area contributed by atoms with Gasteiger partial charge in [-0.15, -0.1) is 0 Å². The first-order valence-corrected chi connectivity index (χ1v) is 9.10. The van der Waals surface area contributed by atoms with Crippen LogP contribution in [0.2, 0.25) is 0 Å². The van der Waals surface area contributed by atoms with Crippen molar-refractivity contribution in [3.63, 3.8) is 0 Å². The van der Waals surface area contributed by atoms with Crippen LogP contribution < -0.4 is 10.6 Å². The normalized spacial score (nSPS) is 10.0. The van der Waals surface area contributed by atoms with Crippen LogP contribution >= 0.6 is 39.1 Å². The number of aryl methyl sites for hydroxylation is 2. The number of allylic oxidation sites excluding steroid dienone is 1. The van der Waals surface area contributed by atoms with E-state index in [2.05, 4.69) is 26.6 Å². The quantitative estimate of drug-likeness (QED) is 0.303. The van der Waals surface area contributed by atoms with E-state index in [1.54, 1.807) is 0 Å². The summed E-state index contributed by atoms with van der Waals surface area (Å²) >= 11 is 14.6. The Bertz CT molecular complexity index is 844. The summed E-state index contributed by atoms with van der Waals surface area (Å²) in [6.07, 6.45) is 0. The molecule has 5 nitrogen and oxygen atoms in total. The van der Waals surface area contributed by atoms with E-state index in [-0.39, 0.29) is 20.5 Å². The summed E-state index contributed by atoms with van der Waals surface area (Å²) in [5.41, 5.74) is 3.08. The van der Waals surface area contributed by atoms with Crippen molar-refractivity contribution >= 4 is 50.5 Å². The van der Waals surface area contributed by atoms with Crippen LogP contribution in [0.3, 0.4) is 0 Å². The lowest BCUT2D eigenvalue weighted by atomic mass is 10.2. The Morgan fingerprint density at radius 1 is 1.00 bits per heavy atom. The summed E-state index contributed by atoms with van der Waals surface area (Å²) in [5.74, 6) is 0.136. The first-order chi connectivity index (χ1) is 12.3. The van der Waals surface area contributed by atoms with Crippen LogP contribution in [-0.4, -0.2) is 4.92 Å². The number of nitrogens with one attached hydrogen (secondary N) is 2. The fourth-order valence-electron chi connectivity index (χ4n) is 2.25. The van der Waals surface area contributed by atoms with Crippen LogP contribution in [0.15, 0.2) is 69.0 Å². The van der Waals surface area contributed by atoms with Crippen LogP contribution in [0, 0.1) is 24.0 Å². The van der Waals surface area contributed by atoms with Crippen molar-refractivity contribution in [2.45, 2.75) is 13.8 Å². The number of halogens is 3. The highest BCUT2D eigenvalue weighted by Gasteiger charge is 2.25. The van der Waals surface area contributed by atoms with Crippen LogP contribution in [0.1, 0.15) is 11.1 Å². The van der Waals surface area contributed by atoms with Gasteiger partial charge in [0.15, 0.2) is 5.82 Å². The van der Waals surface area contributed by atoms with Gasteiger partial charge < -0.3 is 10.6 Å². The third-order valence-corrected chi connectivity index (χ3v) is 4.97. The molecular weight excluding hydrogens is 441 g/mol. The smallest absolute Gasteiger partial charge is 0.326 e. The molecule has 0 saturated heterocycles. The molecule has 2 N–H and O–H groups in total. The average molecular weight is 457 g/mol. The lowest BCUT2D eigenvalue weighted by molar-refractivity contribution is -0.420. The van der Waals surface area contributed by atoms with Crippen molar-refractivity contribution in [2.75, 3.05) is 10.6 Å². The lowest BCUT2D eigenvalue weighted by Crippen LogP contribution is -2.17. The first kappa shape index (κ1) is 20.3. The molecule has 0 atom stereocenters. The predicted molar refractivity (Wildman–Crippen MR) is 111 cm³/mol. The van der Waals surface area contributed by atoms with E-state index in [4.69, 9.17) is 23.2 Å². The van der Waals surface area contributed by atoms with E-state index in [9.17, 15) is 10.1 Å². The monoisotopic (exact) mass is 455 g/mol. The molecule has 0 saturated carbocycles. The van der Waals surface area contributed by atoms with Crippen molar-refractivity contribution in [1.82, 2.24) is 0 Å². The second kappa shape index (κ2) is 9.07. The summed E-state index contributed by atoms with van der Waals surface area (Å²) in [5, 5.41) is 17.8. The Morgan fingerprint density at radius 2 is 1.46 bits per heavy atom. The van der Waals surface area contributed by atoms with Crippen LogP contribution in [0.4, 0.5) is 11.4 Å². The van der Waals surface area contributed by atoms with Crippen molar-refractivity contribution in [3.8, 4) is 0 Å². The molecule has 0 aliphatic heterocycles. The number of nitrogens with zero attached hydrogens (tertiary/aromatic N) is 1. The summed E-state index contributed by atoms with van der Waals surface area (Å²) in [7, 11) is 0. The Kier molecular flexibility index (Phi) is 7.08. The minimum Gasteiger partial charge on any atom is -0.336 e. The maximum Gasteiger partial charge on any atom is 0.326 e. The minimum absolute atomic E-state index is 0.0267. The van der Waals surface area contributed by atoms with E-state index in [1.807, 2.05) is 62.4 Å². The fraction of sp³-hybridized carbons (Fsp3) is 0.111. The third kappa shape index (κ3) is 5.49. The Morgan fingerprint density at radius 3 is 1.81 bits per heavy atom. The molecule has 2 rings (SSSR count). The van der Waals surface area contributed by atoms with Gasteiger partial charge >= 0.3 is 5.70 Å². The Balaban J connectivity index is 2.57. The highest BCUT2D eigenvalue weighted by atomic mass is 79.9. The zero-order chi connectivity index (χ0) is 19.3. The zero-order valence-corrected chi connectivity index (χ0v) is 17.1. The predicted octanol–water partition coefficient (Wildman–Crippen LogP) is 6.31. The summed E-state index contributed by atoms with van der Waals surface area (Å²) in [6.45, 7) is 3.87. The standard InChI is InChI=1S/C18H16BrCl2N3O2/c1-11-5-3-7-13(9-11)22-18(16(24(25)26)15(19)17(20)21)23-14-8-4-6-12(2)10-14/h3-10,22-23H,1-2H3. The molecule has 0 radical (unpaired) electrons. The average Bonchev–Trinajstić information content (AvgIpc) is 2.54. The van der Waals surface area contributed by atoms with Gasteiger partial charge in [0.05, 0.1) is 4.92 Å². The molecule has 0 bridgehead atoms. The number of rotatable bonds is 6. The number of anilines is 2. The molecule has 26 heavy (non-hydrogen) atoms. The first-order valence-electron chi connectivity index (χ1n) is 7.55. The van der Waals surface area contributed by atoms with Gasteiger partial charge in [0.25, 0.3) is 0 Å². The van der Waals surface area contributed by atoms with Crippen molar-refractivity contribution in [3.05, 3.63) is 90.3 Å². The van der Waals surface area contributed by atoms with Gasteiger partial charge in [-0.25, -0.2) is 0 Å². The van der Waals surface area contributed by atoms with Gasteiger partial charge in [0.2, 0.25) is 0 Å². The molecule has 0 unspecified atom stereocenters. The summed E-state index contributed by atoms with van der Waals surface area (Å²) < 4.78 is -0.271. The van der Waals surface area contributed by atoms with Gasteiger partial charge in [0.1, 0.15) is 8.97 Å². The van der Waals surface area contributed by atoms with Crippen LogP contribution in [0.25, 0.3) is 0 Å². The van der Waals surface area contributed by atoms with Crippen molar-refractivity contribution in [2.24, 2.45) is 0 Å². The molecule has 0 aromatic heterocycles. The molecule has 8 heteroatoms. The maximum absolute atomic E-state index is 11.7. The highest BCUT2D eigenvalue weighted by Crippen LogP contribution is 2.30. The zero-order valence-electron chi connectivity index (χ0n) is 14.0. The Labute approximate surface area is 170 Å². The lowest BCUT2D eigenvalue weighted by Gasteiger charge is -2.15. The molecule has 0 aliphatic rings. The number of hydrogen-bond acceptors (Lipinski definition) is 4. The maximum atomic E-state index is 11.7. The molecule has 136 valence electrons. The third-order valence-electron chi connectivity index (χ3n) is 3.37. The van der Waals surface area contributed by atoms with Crippen molar-refractivity contribution < 1.29 is 4.92 Å². The second-order valence-electron chi connectivity index (χ2n) is 5.54. The van der Waals surface area contributed by atoms with E-state index in [1.165, 1.54) is 0 Å². The minimum atomic E-state index is -0.560. The summed E-state index contributed by atoms with van der Waals surface area (Å²) in [6, 6.07) is 14.9. The second-order valence-corrected chi connectivity index (χ2v) is 7.29. The Hall–Kier alpha value is -2.02. The molecule has 2 aromatic rings. The molecule has 0 heterocycles. The van der Waals surface area contributed by atoms with Gasteiger partial charge in [-0.3, -0.25) is 10.1 Å². The molecular formula is C18H16BrCl2N3O2. The molecule has 0 aliphatic carbocycles. The van der Waals surface area contributed by atoms with E-state index < -0.39 is 4.92 Å². The number of hydrogen-bond donors (Lipinski definition) is 2. The highest BCUT2D eigenvalue weighted by molar-refractivity contribution is 9.12. The fourth-order valence-corrected chi connectivity index (χ4v) is 2.78. The molecule has 0 spiro atoms. The topological polar surface area (TPSA) is 67.2 Å².